The third kappa shape index (κ3) is 3.57. The zero-order valence-electron chi connectivity index (χ0n) is 12.9. The highest BCUT2D eigenvalue weighted by molar-refractivity contribution is 7.13. The van der Waals surface area contributed by atoms with Crippen LogP contribution in [0, 0.1) is 0 Å². The molecule has 0 saturated carbocycles. The van der Waals surface area contributed by atoms with Crippen molar-refractivity contribution in [3.05, 3.63) is 59.5 Å². The SMILES string of the molecule is COc1ccc(C=Nc2nc(-c3ccccc3)cs2)cc1OC. The van der Waals surface area contributed by atoms with Gasteiger partial charge in [0.05, 0.1) is 19.9 Å². The van der Waals surface area contributed by atoms with Crippen LogP contribution >= 0.6 is 11.3 Å². The Hall–Kier alpha value is -2.66. The van der Waals surface area contributed by atoms with Gasteiger partial charge in [0.25, 0.3) is 0 Å². The lowest BCUT2D eigenvalue weighted by atomic mass is 10.2. The molecule has 1 heterocycles. The van der Waals surface area contributed by atoms with Crippen LogP contribution in [0.15, 0.2) is 58.9 Å². The van der Waals surface area contributed by atoms with Crippen LogP contribution in [0.3, 0.4) is 0 Å². The van der Waals surface area contributed by atoms with Gasteiger partial charge in [-0.1, -0.05) is 30.3 Å². The summed E-state index contributed by atoms with van der Waals surface area (Å²) in [6, 6.07) is 15.7. The molecule has 0 unspecified atom stereocenters. The van der Waals surface area contributed by atoms with Crippen molar-refractivity contribution in [2.75, 3.05) is 14.2 Å². The molecule has 0 atom stereocenters. The number of ether oxygens (including phenoxy) is 2. The van der Waals surface area contributed by atoms with Crippen molar-refractivity contribution in [1.29, 1.82) is 0 Å². The number of aliphatic imine (C=N–C) groups is 1. The molecule has 0 N–H and O–H groups in total. The fourth-order valence-electron chi connectivity index (χ4n) is 2.13. The maximum Gasteiger partial charge on any atom is 0.209 e. The van der Waals surface area contributed by atoms with Crippen molar-refractivity contribution in [2.24, 2.45) is 4.99 Å². The minimum atomic E-state index is 0.681. The molecule has 1 aromatic heterocycles. The van der Waals surface area contributed by atoms with Crippen LogP contribution in [0.2, 0.25) is 0 Å². The lowest BCUT2D eigenvalue weighted by molar-refractivity contribution is 0.355. The number of benzene rings is 2. The monoisotopic (exact) mass is 324 g/mol. The predicted molar refractivity (Wildman–Crippen MR) is 94.4 cm³/mol. The second-order valence-corrected chi connectivity index (χ2v) is 5.59. The van der Waals surface area contributed by atoms with E-state index in [1.165, 1.54) is 11.3 Å². The normalized spacial score (nSPS) is 10.9. The molecule has 4 nitrogen and oxygen atoms in total. The molecule has 0 bridgehead atoms. The van der Waals surface area contributed by atoms with Gasteiger partial charge in [-0.25, -0.2) is 9.98 Å². The Labute approximate surface area is 139 Å². The average Bonchev–Trinajstić information content (AvgIpc) is 3.09. The maximum absolute atomic E-state index is 5.29. The highest BCUT2D eigenvalue weighted by Gasteiger charge is 2.04. The van der Waals surface area contributed by atoms with Gasteiger partial charge in [-0.15, -0.1) is 11.3 Å². The number of methoxy groups -OCH3 is 2. The Kier molecular flexibility index (Phi) is 4.68. The minimum absolute atomic E-state index is 0.681. The van der Waals surface area contributed by atoms with Gasteiger partial charge in [-0.3, -0.25) is 0 Å². The van der Waals surface area contributed by atoms with Crippen molar-refractivity contribution < 1.29 is 9.47 Å². The third-order valence-corrected chi connectivity index (χ3v) is 4.04. The first-order valence-electron chi connectivity index (χ1n) is 7.07. The summed E-state index contributed by atoms with van der Waals surface area (Å²) in [7, 11) is 3.23. The highest BCUT2D eigenvalue weighted by atomic mass is 32.1. The second-order valence-electron chi connectivity index (χ2n) is 4.75. The van der Waals surface area contributed by atoms with E-state index in [0.29, 0.717) is 11.5 Å². The maximum atomic E-state index is 5.29. The number of thiazole rings is 1. The largest absolute Gasteiger partial charge is 0.493 e. The van der Waals surface area contributed by atoms with E-state index in [1.54, 1.807) is 20.4 Å². The van der Waals surface area contributed by atoms with Gasteiger partial charge < -0.3 is 9.47 Å². The van der Waals surface area contributed by atoms with Gasteiger partial charge in [0.15, 0.2) is 11.5 Å². The van der Waals surface area contributed by atoms with Crippen molar-refractivity contribution in [1.82, 2.24) is 4.98 Å². The smallest absolute Gasteiger partial charge is 0.209 e. The molecule has 0 aliphatic carbocycles. The lowest BCUT2D eigenvalue weighted by Gasteiger charge is -2.07. The van der Waals surface area contributed by atoms with E-state index in [9.17, 15) is 0 Å². The van der Waals surface area contributed by atoms with Crippen LogP contribution in [-0.4, -0.2) is 25.4 Å². The van der Waals surface area contributed by atoms with Crippen molar-refractivity contribution in [3.63, 3.8) is 0 Å². The zero-order valence-corrected chi connectivity index (χ0v) is 13.7. The summed E-state index contributed by atoms with van der Waals surface area (Å²) in [5.74, 6) is 1.38. The summed E-state index contributed by atoms with van der Waals surface area (Å²) >= 11 is 1.52. The van der Waals surface area contributed by atoms with Crippen LogP contribution in [0.5, 0.6) is 11.5 Å². The van der Waals surface area contributed by atoms with Crippen molar-refractivity contribution in [2.45, 2.75) is 0 Å². The molecule has 0 amide bonds. The molecule has 3 rings (SSSR count). The Bertz CT molecular complexity index is 813. The van der Waals surface area contributed by atoms with Gasteiger partial charge in [-0.2, -0.15) is 0 Å². The molecule has 2 aromatic carbocycles. The molecule has 0 fully saturated rings. The van der Waals surface area contributed by atoms with E-state index < -0.39 is 0 Å². The Morgan fingerprint density at radius 1 is 1.00 bits per heavy atom. The molecule has 3 aromatic rings. The van der Waals surface area contributed by atoms with E-state index in [4.69, 9.17) is 9.47 Å². The second kappa shape index (κ2) is 7.07. The molecule has 0 spiro atoms. The molecule has 0 aliphatic rings. The highest BCUT2D eigenvalue weighted by Crippen LogP contribution is 2.28. The minimum Gasteiger partial charge on any atom is -0.493 e. The van der Waals surface area contributed by atoms with Crippen molar-refractivity contribution in [3.8, 4) is 22.8 Å². The molecular weight excluding hydrogens is 308 g/mol. The average molecular weight is 324 g/mol. The Morgan fingerprint density at radius 2 is 1.78 bits per heavy atom. The molecule has 5 heteroatoms. The molecule has 23 heavy (non-hydrogen) atoms. The first-order chi connectivity index (χ1) is 11.3. The van der Waals surface area contributed by atoms with E-state index in [-0.39, 0.29) is 0 Å². The van der Waals surface area contributed by atoms with Gasteiger partial charge in [-0.05, 0) is 23.8 Å². The fourth-order valence-corrected chi connectivity index (χ4v) is 2.80. The molecule has 0 aliphatic heterocycles. The van der Waals surface area contributed by atoms with E-state index >= 15 is 0 Å². The number of aromatic nitrogens is 1. The quantitative estimate of drug-likeness (QED) is 0.645. The van der Waals surface area contributed by atoms with Crippen LogP contribution in [0.25, 0.3) is 11.3 Å². The molecular formula is C18H16N2O2S. The first kappa shape index (κ1) is 15.2. The van der Waals surface area contributed by atoms with Gasteiger partial charge in [0, 0.05) is 17.2 Å². The number of nitrogens with zero attached hydrogens (tertiary/aromatic N) is 2. The van der Waals surface area contributed by atoms with Gasteiger partial charge >= 0.3 is 0 Å². The zero-order chi connectivity index (χ0) is 16.1. The first-order valence-corrected chi connectivity index (χ1v) is 7.95. The van der Waals surface area contributed by atoms with E-state index in [0.717, 1.165) is 22.0 Å². The summed E-state index contributed by atoms with van der Waals surface area (Å²) in [6.45, 7) is 0. The molecule has 0 radical (unpaired) electrons. The summed E-state index contributed by atoms with van der Waals surface area (Å²) in [6.07, 6.45) is 1.77. The van der Waals surface area contributed by atoms with Crippen LogP contribution in [-0.2, 0) is 0 Å². The van der Waals surface area contributed by atoms with Crippen LogP contribution in [0.4, 0.5) is 5.13 Å². The summed E-state index contributed by atoms with van der Waals surface area (Å²) in [4.78, 5) is 8.98. The van der Waals surface area contributed by atoms with Crippen LogP contribution < -0.4 is 9.47 Å². The standard InChI is InChI=1S/C18H16N2O2S/c1-21-16-9-8-13(10-17(16)22-2)11-19-18-20-15(12-23-18)14-6-4-3-5-7-14/h3-12H,1-2H3. The van der Waals surface area contributed by atoms with E-state index in [1.807, 2.05) is 53.9 Å². The Morgan fingerprint density at radius 3 is 2.52 bits per heavy atom. The predicted octanol–water partition coefficient (Wildman–Crippen LogP) is 4.58. The molecule has 116 valence electrons. The Balaban J connectivity index is 1.80. The van der Waals surface area contributed by atoms with Crippen molar-refractivity contribution >= 4 is 22.7 Å². The summed E-state index contributed by atoms with van der Waals surface area (Å²) < 4.78 is 10.5. The van der Waals surface area contributed by atoms with Crippen LogP contribution in [0.1, 0.15) is 5.56 Å². The number of hydrogen-bond acceptors (Lipinski definition) is 5. The summed E-state index contributed by atoms with van der Waals surface area (Å²) in [5, 5.41) is 2.73. The van der Waals surface area contributed by atoms with Gasteiger partial charge in [0.2, 0.25) is 5.13 Å². The fraction of sp³-hybridized carbons (Fsp3) is 0.111. The topological polar surface area (TPSA) is 43.7 Å². The molecule has 0 saturated heterocycles. The lowest BCUT2D eigenvalue weighted by Crippen LogP contribution is -1.91. The number of rotatable bonds is 5. The summed E-state index contributed by atoms with van der Waals surface area (Å²) in [5.41, 5.74) is 2.96. The number of hydrogen-bond donors (Lipinski definition) is 0. The third-order valence-electron chi connectivity index (χ3n) is 3.29. The van der Waals surface area contributed by atoms with E-state index in [2.05, 4.69) is 9.98 Å². The van der Waals surface area contributed by atoms with Gasteiger partial charge in [0.1, 0.15) is 0 Å².